The molecule has 3 N–H and O–H groups in total. The number of nitrogens with two attached hydrogens (primary N) is 1. The van der Waals surface area contributed by atoms with Crippen LogP contribution in [0.15, 0.2) is 0 Å². The summed E-state index contributed by atoms with van der Waals surface area (Å²) in [7, 11) is 1.00. The van der Waals surface area contributed by atoms with Gasteiger partial charge in [0.25, 0.3) is 0 Å². The minimum absolute atomic E-state index is 0.000000000000000222. The van der Waals surface area contributed by atoms with Crippen LogP contribution in [0.2, 0.25) is 0 Å². The second kappa shape index (κ2) is 5.56. The Balaban J connectivity index is 0. The van der Waals surface area contributed by atoms with Gasteiger partial charge in [0.05, 0.1) is 0 Å². The number of hydrogen-bond acceptors (Lipinski definition) is 2. The van der Waals surface area contributed by atoms with Gasteiger partial charge in [-0.05, 0) is 18.8 Å². The summed E-state index contributed by atoms with van der Waals surface area (Å²) in [5.41, 5.74) is 6.00. The fraction of sp³-hybridized carbons (Fsp3) is 1.00. The van der Waals surface area contributed by atoms with E-state index in [2.05, 4.69) is 34.6 Å². The van der Waals surface area contributed by atoms with Gasteiger partial charge < -0.3 is 10.8 Å². The van der Waals surface area contributed by atoms with Crippen LogP contribution in [0.1, 0.15) is 34.6 Å². The Kier molecular flexibility index (Phi) is 6.82. The van der Waals surface area contributed by atoms with Gasteiger partial charge in [0.2, 0.25) is 0 Å². The topological polar surface area (TPSA) is 46.2 Å². The minimum Gasteiger partial charge on any atom is -0.400 e. The highest BCUT2D eigenvalue weighted by molar-refractivity contribution is 4.84. The van der Waals surface area contributed by atoms with Gasteiger partial charge in [-0.3, -0.25) is 0 Å². The zero-order chi connectivity index (χ0) is 9.65. The molecule has 0 aliphatic heterocycles. The third kappa shape index (κ3) is 4.38. The van der Waals surface area contributed by atoms with Gasteiger partial charge >= 0.3 is 0 Å². The highest BCUT2D eigenvalue weighted by Crippen LogP contribution is 2.21. The van der Waals surface area contributed by atoms with E-state index in [9.17, 15) is 0 Å². The molecule has 0 atom stereocenters. The van der Waals surface area contributed by atoms with Crippen molar-refractivity contribution >= 4 is 0 Å². The van der Waals surface area contributed by atoms with Gasteiger partial charge in [0.15, 0.2) is 0 Å². The van der Waals surface area contributed by atoms with Crippen LogP contribution in [0, 0.1) is 11.8 Å². The molecule has 0 radical (unpaired) electrons. The van der Waals surface area contributed by atoms with Gasteiger partial charge in [-0.1, -0.05) is 27.7 Å². The molecule has 0 heterocycles. The number of aliphatic hydroxyl groups excluding tert-OH is 1. The first kappa shape index (κ1) is 13.5. The molecule has 0 aliphatic rings. The monoisotopic (exact) mass is 161 g/mol. The first-order valence-corrected chi connectivity index (χ1v) is 4.12. The van der Waals surface area contributed by atoms with Crippen molar-refractivity contribution in [1.82, 2.24) is 0 Å². The largest absolute Gasteiger partial charge is 0.400 e. The van der Waals surface area contributed by atoms with E-state index in [1.807, 2.05) is 0 Å². The van der Waals surface area contributed by atoms with Crippen LogP contribution in [-0.2, 0) is 0 Å². The molecule has 0 fully saturated rings. The SMILES string of the molecule is CC(C)C(C)(N)C(C)C.CO. The summed E-state index contributed by atoms with van der Waals surface area (Å²) in [5, 5.41) is 7.00. The maximum absolute atomic E-state index is 7.00. The van der Waals surface area contributed by atoms with E-state index in [-0.39, 0.29) is 5.54 Å². The molecule has 0 rings (SSSR count). The first-order chi connectivity index (χ1) is 4.89. The molecule has 0 bridgehead atoms. The fourth-order valence-electron chi connectivity index (χ4n) is 0.667. The Hall–Kier alpha value is -0.0800. The lowest BCUT2D eigenvalue weighted by atomic mass is 9.80. The van der Waals surface area contributed by atoms with E-state index in [4.69, 9.17) is 10.8 Å². The minimum atomic E-state index is 0.000000000000000222. The molecule has 2 heteroatoms. The summed E-state index contributed by atoms with van der Waals surface area (Å²) in [6.07, 6.45) is 0. The molecule has 0 aromatic rings. The molecule has 0 unspecified atom stereocenters. The normalized spacial score (nSPS) is 11.5. The summed E-state index contributed by atoms with van der Waals surface area (Å²) in [6.45, 7) is 10.8. The maximum Gasteiger partial charge on any atom is 0.0319 e. The summed E-state index contributed by atoms with van der Waals surface area (Å²) in [5.74, 6) is 1.13. The highest BCUT2D eigenvalue weighted by Gasteiger charge is 2.26. The Morgan fingerprint density at radius 3 is 1.18 bits per heavy atom. The molecule has 0 aromatic carbocycles. The van der Waals surface area contributed by atoms with E-state index >= 15 is 0 Å². The maximum atomic E-state index is 7.00. The third-order valence-electron chi connectivity index (χ3n) is 2.49. The molecular weight excluding hydrogens is 138 g/mol. The van der Waals surface area contributed by atoms with Crippen LogP contribution in [-0.4, -0.2) is 17.8 Å². The van der Waals surface area contributed by atoms with Crippen molar-refractivity contribution in [1.29, 1.82) is 0 Å². The second-order valence-electron chi connectivity index (χ2n) is 3.68. The first-order valence-electron chi connectivity index (χ1n) is 4.12. The Bertz CT molecular complexity index is 77.6. The molecule has 0 saturated carbocycles. The van der Waals surface area contributed by atoms with E-state index in [0.29, 0.717) is 11.8 Å². The average molecular weight is 161 g/mol. The number of aliphatic hydroxyl groups is 1. The van der Waals surface area contributed by atoms with Gasteiger partial charge in [0.1, 0.15) is 0 Å². The lowest BCUT2D eigenvalue weighted by Crippen LogP contribution is -2.46. The van der Waals surface area contributed by atoms with Crippen LogP contribution in [0.3, 0.4) is 0 Å². The zero-order valence-electron chi connectivity index (χ0n) is 8.68. The molecule has 2 nitrogen and oxygen atoms in total. The highest BCUT2D eigenvalue weighted by atomic mass is 16.2. The summed E-state index contributed by atoms with van der Waals surface area (Å²) in [6, 6.07) is 0. The Labute approximate surface area is 70.8 Å². The summed E-state index contributed by atoms with van der Waals surface area (Å²) < 4.78 is 0. The van der Waals surface area contributed by atoms with Crippen molar-refractivity contribution in [2.24, 2.45) is 17.6 Å². The number of rotatable bonds is 2. The molecule has 0 aromatic heterocycles. The van der Waals surface area contributed by atoms with Crippen molar-refractivity contribution in [3.63, 3.8) is 0 Å². The van der Waals surface area contributed by atoms with Crippen LogP contribution < -0.4 is 5.73 Å². The van der Waals surface area contributed by atoms with Crippen LogP contribution >= 0.6 is 0 Å². The van der Waals surface area contributed by atoms with Gasteiger partial charge in [-0.25, -0.2) is 0 Å². The van der Waals surface area contributed by atoms with Crippen molar-refractivity contribution in [3.8, 4) is 0 Å². The van der Waals surface area contributed by atoms with Crippen LogP contribution in [0.4, 0.5) is 0 Å². The molecule has 0 spiro atoms. The Morgan fingerprint density at radius 2 is 1.18 bits per heavy atom. The predicted octanol–water partition coefficient (Wildman–Crippen LogP) is 1.62. The molecule has 11 heavy (non-hydrogen) atoms. The van der Waals surface area contributed by atoms with Gasteiger partial charge in [-0.2, -0.15) is 0 Å². The summed E-state index contributed by atoms with van der Waals surface area (Å²) in [4.78, 5) is 0. The molecule has 0 aliphatic carbocycles. The van der Waals surface area contributed by atoms with Gasteiger partial charge in [0, 0.05) is 12.6 Å². The molecular formula is C9H23NO. The second-order valence-corrected chi connectivity index (χ2v) is 3.68. The quantitative estimate of drug-likeness (QED) is 0.646. The lowest BCUT2D eigenvalue weighted by molar-refractivity contribution is 0.250. The molecule has 0 amide bonds. The van der Waals surface area contributed by atoms with Crippen molar-refractivity contribution in [2.45, 2.75) is 40.2 Å². The van der Waals surface area contributed by atoms with E-state index in [1.165, 1.54) is 0 Å². The predicted molar refractivity (Wildman–Crippen MR) is 50.4 cm³/mol. The van der Waals surface area contributed by atoms with Crippen molar-refractivity contribution in [3.05, 3.63) is 0 Å². The number of hydrogen-bond donors (Lipinski definition) is 2. The smallest absolute Gasteiger partial charge is 0.0319 e. The van der Waals surface area contributed by atoms with E-state index < -0.39 is 0 Å². The molecule has 0 saturated heterocycles. The zero-order valence-corrected chi connectivity index (χ0v) is 8.68. The fourth-order valence-corrected chi connectivity index (χ4v) is 0.667. The van der Waals surface area contributed by atoms with Crippen molar-refractivity contribution < 1.29 is 5.11 Å². The van der Waals surface area contributed by atoms with Crippen LogP contribution in [0.25, 0.3) is 0 Å². The van der Waals surface area contributed by atoms with Crippen molar-refractivity contribution in [2.75, 3.05) is 7.11 Å². The van der Waals surface area contributed by atoms with Crippen LogP contribution in [0.5, 0.6) is 0 Å². The average Bonchev–Trinajstić information content (AvgIpc) is 1.91. The summed E-state index contributed by atoms with van der Waals surface area (Å²) >= 11 is 0. The van der Waals surface area contributed by atoms with Gasteiger partial charge in [-0.15, -0.1) is 0 Å². The Morgan fingerprint density at radius 1 is 1.00 bits per heavy atom. The van der Waals surface area contributed by atoms with E-state index in [1.54, 1.807) is 0 Å². The molecule has 70 valence electrons. The lowest BCUT2D eigenvalue weighted by Gasteiger charge is -2.33. The standard InChI is InChI=1S/C8H19N.CH4O/c1-6(2)8(5,9)7(3)4;1-2/h6-7H,9H2,1-5H3;2H,1H3. The third-order valence-corrected chi connectivity index (χ3v) is 2.49. The van der Waals surface area contributed by atoms with E-state index in [0.717, 1.165) is 7.11 Å².